The number of nitrogens with zero attached hydrogens (tertiary/aromatic N) is 5. The van der Waals surface area contributed by atoms with Gasteiger partial charge in [0, 0.05) is 38.7 Å². The highest BCUT2D eigenvalue weighted by Gasteiger charge is 2.16. The lowest BCUT2D eigenvalue weighted by atomic mass is 10.1. The van der Waals surface area contributed by atoms with Crippen molar-refractivity contribution in [2.75, 3.05) is 13.1 Å². The summed E-state index contributed by atoms with van der Waals surface area (Å²) in [5.41, 5.74) is 0.956. The van der Waals surface area contributed by atoms with Crippen LogP contribution in [0.4, 0.5) is 0 Å². The van der Waals surface area contributed by atoms with Crippen molar-refractivity contribution in [1.29, 1.82) is 0 Å². The first-order valence-electron chi connectivity index (χ1n) is 10.2. The summed E-state index contributed by atoms with van der Waals surface area (Å²) in [6.45, 7) is 9.49. The summed E-state index contributed by atoms with van der Waals surface area (Å²) >= 11 is 0. The van der Waals surface area contributed by atoms with Crippen LogP contribution in [0.3, 0.4) is 0 Å². The molecule has 2 aromatic rings. The topological polar surface area (TPSA) is 102 Å². The van der Waals surface area contributed by atoms with E-state index in [2.05, 4.69) is 39.7 Å². The van der Waals surface area contributed by atoms with Crippen molar-refractivity contribution < 1.29 is 4.52 Å². The Morgan fingerprint density at radius 3 is 2.93 bits per heavy atom. The van der Waals surface area contributed by atoms with Gasteiger partial charge in [-0.1, -0.05) is 19.0 Å². The van der Waals surface area contributed by atoms with E-state index in [1.165, 1.54) is 0 Å². The molecule has 3 heterocycles. The molecule has 0 saturated heterocycles. The van der Waals surface area contributed by atoms with Crippen LogP contribution in [0.1, 0.15) is 63.2 Å². The Hall–Kier alpha value is -2.58. The molecule has 1 aliphatic heterocycles. The van der Waals surface area contributed by atoms with Gasteiger partial charge in [-0.2, -0.15) is 5.10 Å². The molecule has 0 aromatic carbocycles. The Labute approximate surface area is 165 Å². The number of aryl methyl sites for hydroxylation is 2. The van der Waals surface area contributed by atoms with Crippen LogP contribution in [0.5, 0.6) is 0 Å². The smallest absolute Gasteiger partial charge is 0.345 e. The van der Waals surface area contributed by atoms with Gasteiger partial charge in [0.1, 0.15) is 12.4 Å². The number of guanidine groups is 1. The molecule has 0 aliphatic carbocycles. The third kappa shape index (κ3) is 5.02. The highest BCUT2D eigenvalue weighted by atomic mass is 16.5. The lowest BCUT2D eigenvalue weighted by Crippen LogP contribution is -2.38. The minimum Gasteiger partial charge on any atom is -0.359 e. The van der Waals surface area contributed by atoms with Gasteiger partial charge in [-0.25, -0.2) is 14.5 Å². The average molecular weight is 390 g/mol. The summed E-state index contributed by atoms with van der Waals surface area (Å²) in [5, 5.41) is 15.0. The number of nitrogens with one attached hydrogen (secondary N) is 2. The molecule has 0 radical (unpaired) electrons. The van der Waals surface area contributed by atoms with E-state index < -0.39 is 0 Å². The second-order valence-corrected chi connectivity index (χ2v) is 7.38. The zero-order chi connectivity index (χ0) is 19.9. The molecule has 28 heavy (non-hydrogen) atoms. The maximum Gasteiger partial charge on any atom is 0.345 e. The fraction of sp³-hybridized carbons (Fsp3) is 0.684. The lowest BCUT2D eigenvalue weighted by Gasteiger charge is -2.10. The van der Waals surface area contributed by atoms with Gasteiger partial charge >= 0.3 is 5.69 Å². The van der Waals surface area contributed by atoms with Crippen molar-refractivity contribution in [3.05, 3.63) is 33.8 Å². The molecule has 0 amide bonds. The molecule has 0 fully saturated rings. The zero-order valence-electron chi connectivity index (χ0n) is 17.1. The number of aliphatic imine (C=N–C) groups is 1. The Kier molecular flexibility index (Phi) is 6.89. The van der Waals surface area contributed by atoms with E-state index in [0.29, 0.717) is 25.6 Å². The molecule has 0 atom stereocenters. The van der Waals surface area contributed by atoms with Crippen molar-refractivity contribution in [2.24, 2.45) is 4.99 Å². The van der Waals surface area contributed by atoms with E-state index in [-0.39, 0.29) is 5.69 Å². The molecular formula is C19H31N7O2. The summed E-state index contributed by atoms with van der Waals surface area (Å²) in [6, 6.07) is 1.95. The minimum atomic E-state index is 0.0153. The van der Waals surface area contributed by atoms with E-state index in [0.717, 1.165) is 62.0 Å². The molecule has 3 rings (SSSR count). The van der Waals surface area contributed by atoms with Crippen LogP contribution in [-0.4, -0.2) is 38.6 Å². The second-order valence-electron chi connectivity index (χ2n) is 7.38. The van der Waals surface area contributed by atoms with Gasteiger partial charge in [0.05, 0.1) is 5.69 Å². The molecule has 0 saturated carbocycles. The van der Waals surface area contributed by atoms with Gasteiger partial charge < -0.3 is 15.2 Å². The first-order chi connectivity index (χ1) is 13.6. The molecule has 9 nitrogen and oxygen atoms in total. The summed E-state index contributed by atoms with van der Waals surface area (Å²) < 4.78 is 8.73. The standard InChI is InChI=1S/C19H31N7O2/c1-4-20-18(22-13-15-12-16(14(2)3)24-28-15)21-9-7-11-26-19(27)25-10-6-5-8-17(25)23-26/h12,14H,4-11,13H2,1-3H3,(H2,20,21,22). The number of aromatic nitrogens is 4. The monoisotopic (exact) mass is 389 g/mol. The Balaban J connectivity index is 1.49. The third-order valence-electron chi connectivity index (χ3n) is 4.78. The molecule has 2 N–H and O–H groups in total. The highest BCUT2D eigenvalue weighted by molar-refractivity contribution is 5.79. The van der Waals surface area contributed by atoms with Crippen molar-refractivity contribution in [3.63, 3.8) is 0 Å². The van der Waals surface area contributed by atoms with Crippen LogP contribution < -0.4 is 16.3 Å². The number of hydrogen-bond donors (Lipinski definition) is 2. The van der Waals surface area contributed by atoms with E-state index >= 15 is 0 Å². The fourth-order valence-electron chi connectivity index (χ4n) is 3.20. The number of hydrogen-bond acceptors (Lipinski definition) is 5. The summed E-state index contributed by atoms with van der Waals surface area (Å²) in [7, 11) is 0. The summed E-state index contributed by atoms with van der Waals surface area (Å²) in [6.07, 6.45) is 3.87. The molecule has 1 aliphatic rings. The van der Waals surface area contributed by atoms with Crippen molar-refractivity contribution in [3.8, 4) is 0 Å². The SMILES string of the molecule is CCNC(=NCc1cc(C(C)C)no1)NCCCn1nc2n(c1=O)CCCC2. The van der Waals surface area contributed by atoms with Crippen molar-refractivity contribution in [2.45, 2.75) is 72.0 Å². The average Bonchev–Trinajstić information content (AvgIpc) is 3.29. The van der Waals surface area contributed by atoms with E-state index in [1.54, 1.807) is 4.68 Å². The molecule has 0 spiro atoms. The van der Waals surface area contributed by atoms with Gasteiger partial charge in [0.15, 0.2) is 11.7 Å². The summed E-state index contributed by atoms with van der Waals surface area (Å²) in [5.74, 6) is 2.73. The Bertz CT molecular complexity index is 847. The third-order valence-corrected chi connectivity index (χ3v) is 4.78. The van der Waals surface area contributed by atoms with Gasteiger partial charge in [-0.3, -0.25) is 4.57 Å². The quantitative estimate of drug-likeness (QED) is 0.404. The Morgan fingerprint density at radius 2 is 2.21 bits per heavy atom. The van der Waals surface area contributed by atoms with Crippen molar-refractivity contribution in [1.82, 2.24) is 30.1 Å². The molecule has 9 heteroatoms. The molecular weight excluding hydrogens is 358 g/mol. The van der Waals surface area contributed by atoms with E-state index in [1.807, 2.05) is 17.6 Å². The van der Waals surface area contributed by atoms with Crippen LogP contribution in [-0.2, 0) is 26.1 Å². The predicted molar refractivity (Wildman–Crippen MR) is 107 cm³/mol. The predicted octanol–water partition coefficient (Wildman–Crippen LogP) is 1.64. The first kappa shape index (κ1) is 20.2. The maximum atomic E-state index is 12.3. The van der Waals surface area contributed by atoms with E-state index in [9.17, 15) is 4.79 Å². The largest absolute Gasteiger partial charge is 0.359 e. The molecule has 0 unspecified atom stereocenters. The van der Waals surface area contributed by atoms with Crippen LogP contribution >= 0.6 is 0 Å². The zero-order valence-corrected chi connectivity index (χ0v) is 17.1. The number of fused-ring (bicyclic) bond motifs is 1. The van der Waals surface area contributed by atoms with Gasteiger partial charge in [-0.05, 0) is 32.1 Å². The first-order valence-corrected chi connectivity index (χ1v) is 10.2. The normalized spacial score (nSPS) is 14.4. The number of rotatable bonds is 8. The van der Waals surface area contributed by atoms with Crippen LogP contribution in [0.15, 0.2) is 20.4 Å². The van der Waals surface area contributed by atoms with Crippen LogP contribution in [0.2, 0.25) is 0 Å². The molecule has 0 bridgehead atoms. The van der Waals surface area contributed by atoms with E-state index in [4.69, 9.17) is 4.52 Å². The Morgan fingerprint density at radius 1 is 1.36 bits per heavy atom. The van der Waals surface area contributed by atoms with Crippen molar-refractivity contribution >= 4 is 5.96 Å². The van der Waals surface area contributed by atoms with Gasteiger partial charge in [0.25, 0.3) is 0 Å². The minimum absolute atomic E-state index is 0.0153. The maximum absolute atomic E-state index is 12.3. The van der Waals surface area contributed by atoms with Gasteiger partial charge in [0.2, 0.25) is 0 Å². The summed E-state index contributed by atoms with van der Waals surface area (Å²) in [4.78, 5) is 16.9. The molecule has 2 aromatic heterocycles. The van der Waals surface area contributed by atoms with Gasteiger partial charge in [-0.15, -0.1) is 0 Å². The second kappa shape index (κ2) is 9.57. The fourth-order valence-corrected chi connectivity index (χ4v) is 3.20. The van der Waals surface area contributed by atoms with Crippen LogP contribution in [0, 0.1) is 0 Å². The lowest BCUT2D eigenvalue weighted by molar-refractivity contribution is 0.376. The van der Waals surface area contributed by atoms with Crippen LogP contribution in [0.25, 0.3) is 0 Å². The molecule has 154 valence electrons. The highest BCUT2D eigenvalue weighted by Crippen LogP contribution is 2.14.